The SMILES string of the molecule is N#Cc1cnc(Nc2ccc(Cl)cc2)c(C#N)c1Nc1ccccc1. The van der Waals surface area contributed by atoms with Crippen LogP contribution in [0.25, 0.3) is 0 Å². The van der Waals surface area contributed by atoms with Gasteiger partial charge in [-0.25, -0.2) is 4.98 Å². The van der Waals surface area contributed by atoms with Gasteiger partial charge in [0.05, 0.1) is 11.3 Å². The van der Waals surface area contributed by atoms with Gasteiger partial charge in [-0.05, 0) is 36.4 Å². The van der Waals surface area contributed by atoms with E-state index in [1.807, 2.05) is 30.3 Å². The van der Waals surface area contributed by atoms with Crippen LogP contribution < -0.4 is 10.6 Å². The van der Waals surface area contributed by atoms with E-state index in [0.29, 0.717) is 22.1 Å². The summed E-state index contributed by atoms with van der Waals surface area (Å²) in [6.07, 6.45) is 1.43. The molecule has 0 aliphatic heterocycles. The van der Waals surface area contributed by atoms with Gasteiger partial charge in [-0.3, -0.25) is 0 Å². The van der Waals surface area contributed by atoms with E-state index in [-0.39, 0.29) is 5.56 Å². The molecule has 0 atom stereocenters. The third-order valence-electron chi connectivity index (χ3n) is 3.46. The molecular formula is C19H12ClN5. The van der Waals surface area contributed by atoms with Gasteiger partial charge in [0.2, 0.25) is 0 Å². The predicted octanol–water partition coefficient (Wildman–Crippen LogP) is 4.97. The summed E-state index contributed by atoms with van der Waals surface area (Å²) < 4.78 is 0. The highest BCUT2D eigenvalue weighted by Crippen LogP contribution is 2.30. The van der Waals surface area contributed by atoms with Crippen LogP contribution in [-0.2, 0) is 0 Å². The van der Waals surface area contributed by atoms with Gasteiger partial charge in [-0.1, -0.05) is 29.8 Å². The van der Waals surface area contributed by atoms with Crippen molar-refractivity contribution in [1.82, 2.24) is 4.98 Å². The van der Waals surface area contributed by atoms with Gasteiger partial charge in [-0.15, -0.1) is 0 Å². The molecule has 0 amide bonds. The molecule has 120 valence electrons. The van der Waals surface area contributed by atoms with Crippen LogP contribution in [0.5, 0.6) is 0 Å². The Morgan fingerprint density at radius 1 is 0.840 bits per heavy atom. The largest absolute Gasteiger partial charge is 0.353 e. The number of anilines is 4. The van der Waals surface area contributed by atoms with E-state index in [2.05, 4.69) is 27.8 Å². The highest BCUT2D eigenvalue weighted by molar-refractivity contribution is 6.30. The fourth-order valence-corrected chi connectivity index (χ4v) is 2.39. The Balaban J connectivity index is 2.03. The summed E-state index contributed by atoms with van der Waals surface area (Å²) in [6, 6.07) is 20.6. The van der Waals surface area contributed by atoms with Crippen LogP contribution in [0.3, 0.4) is 0 Å². The standard InChI is InChI=1S/C19H12ClN5/c20-14-6-8-16(9-7-14)25-19-17(11-22)18(13(10-21)12-23-19)24-15-4-2-1-3-5-15/h1-9,12H,(H2,23,24,25). The summed E-state index contributed by atoms with van der Waals surface area (Å²) >= 11 is 5.89. The van der Waals surface area contributed by atoms with E-state index >= 15 is 0 Å². The lowest BCUT2D eigenvalue weighted by atomic mass is 10.1. The minimum Gasteiger partial charge on any atom is -0.353 e. The minimum atomic E-state index is 0.262. The molecule has 0 spiro atoms. The molecule has 0 radical (unpaired) electrons. The van der Waals surface area contributed by atoms with Gasteiger partial charge in [0.25, 0.3) is 0 Å². The van der Waals surface area contributed by atoms with Crippen LogP contribution in [0.15, 0.2) is 60.8 Å². The number of aromatic nitrogens is 1. The first-order valence-electron chi connectivity index (χ1n) is 7.39. The molecule has 1 aromatic heterocycles. The van der Waals surface area contributed by atoms with Crippen LogP contribution in [-0.4, -0.2) is 4.98 Å². The van der Waals surface area contributed by atoms with Crippen molar-refractivity contribution in [2.24, 2.45) is 0 Å². The number of halogens is 1. The molecule has 2 N–H and O–H groups in total. The molecule has 5 nitrogen and oxygen atoms in total. The van der Waals surface area contributed by atoms with Gasteiger partial charge < -0.3 is 10.6 Å². The third kappa shape index (κ3) is 3.69. The maximum absolute atomic E-state index is 9.62. The molecule has 25 heavy (non-hydrogen) atoms. The van der Waals surface area contributed by atoms with Gasteiger partial charge in [0.1, 0.15) is 17.7 Å². The maximum Gasteiger partial charge on any atom is 0.150 e. The molecule has 0 saturated heterocycles. The maximum atomic E-state index is 9.62. The zero-order valence-corrected chi connectivity index (χ0v) is 13.7. The first kappa shape index (κ1) is 16.3. The van der Waals surface area contributed by atoms with Crippen molar-refractivity contribution in [1.29, 1.82) is 10.5 Å². The highest BCUT2D eigenvalue weighted by atomic mass is 35.5. The van der Waals surface area contributed by atoms with Crippen LogP contribution in [0.4, 0.5) is 22.9 Å². The first-order chi connectivity index (χ1) is 12.2. The number of para-hydroxylation sites is 1. The summed E-state index contributed by atoms with van der Waals surface area (Å²) in [4.78, 5) is 4.21. The lowest BCUT2D eigenvalue weighted by molar-refractivity contribution is 1.26. The van der Waals surface area contributed by atoms with E-state index in [1.165, 1.54) is 6.20 Å². The number of benzene rings is 2. The van der Waals surface area contributed by atoms with E-state index in [4.69, 9.17) is 11.6 Å². The van der Waals surface area contributed by atoms with E-state index in [9.17, 15) is 10.5 Å². The molecule has 6 heteroatoms. The molecule has 0 bridgehead atoms. The van der Waals surface area contributed by atoms with Crippen LogP contribution in [0, 0.1) is 22.7 Å². The summed E-state index contributed by atoms with van der Waals surface area (Å²) in [5.74, 6) is 0.363. The fraction of sp³-hybridized carbons (Fsp3) is 0. The Morgan fingerprint density at radius 3 is 2.16 bits per heavy atom. The second-order valence-electron chi connectivity index (χ2n) is 5.12. The van der Waals surface area contributed by atoms with Crippen LogP contribution in [0.2, 0.25) is 5.02 Å². The van der Waals surface area contributed by atoms with Crippen LogP contribution >= 0.6 is 11.6 Å². The number of hydrogen-bond donors (Lipinski definition) is 2. The Morgan fingerprint density at radius 2 is 1.52 bits per heavy atom. The Kier molecular flexibility index (Phi) is 4.80. The first-order valence-corrected chi connectivity index (χ1v) is 7.77. The summed E-state index contributed by atoms with van der Waals surface area (Å²) in [7, 11) is 0. The highest BCUT2D eigenvalue weighted by Gasteiger charge is 2.15. The van der Waals surface area contributed by atoms with Crippen molar-refractivity contribution in [3.8, 4) is 12.1 Å². The van der Waals surface area contributed by atoms with Gasteiger partial charge in [-0.2, -0.15) is 10.5 Å². The zero-order chi connectivity index (χ0) is 17.6. The number of rotatable bonds is 4. The third-order valence-corrected chi connectivity index (χ3v) is 3.71. The lowest BCUT2D eigenvalue weighted by Crippen LogP contribution is -2.03. The summed E-state index contributed by atoms with van der Waals surface area (Å²) in [5, 5.41) is 25.8. The van der Waals surface area contributed by atoms with Crippen molar-refractivity contribution in [2.75, 3.05) is 10.6 Å². The average Bonchev–Trinajstić information content (AvgIpc) is 2.65. The quantitative estimate of drug-likeness (QED) is 0.697. The molecule has 0 unspecified atom stereocenters. The molecule has 3 rings (SSSR count). The van der Waals surface area contributed by atoms with Crippen molar-refractivity contribution >= 4 is 34.5 Å². The monoisotopic (exact) mass is 345 g/mol. The van der Waals surface area contributed by atoms with E-state index in [0.717, 1.165) is 11.4 Å². The number of nitrogens with one attached hydrogen (secondary N) is 2. The molecule has 2 aromatic carbocycles. The molecular weight excluding hydrogens is 334 g/mol. The normalized spacial score (nSPS) is 9.72. The molecule has 3 aromatic rings. The molecule has 0 saturated carbocycles. The fourth-order valence-electron chi connectivity index (χ4n) is 2.27. The zero-order valence-electron chi connectivity index (χ0n) is 13.0. The Hall–Kier alpha value is -3.54. The van der Waals surface area contributed by atoms with Gasteiger partial charge in [0, 0.05) is 22.6 Å². The molecule has 0 aliphatic rings. The number of nitrogens with zero attached hydrogens (tertiary/aromatic N) is 3. The predicted molar refractivity (Wildman–Crippen MR) is 98.1 cm³/mol. The van der Waals surface area contributed by atoms with Crippen molar-refractivity contribution < 1.29 is 0 Å². The summed E-state index contributed by atoms with van der Waals surface area (Å²) in [6.45, 7) is 0. The minimum absolute atomic E-state index is 0.262. The second-order valence-corrected chi connectivity index (χ2v) is 5.55. The van der Waals surface area contributed by atoms with E-state index in [1.54, 1.807) is 24.3 Å². The lowest BCUT2D eigenvalue weighted by Gasteiger charge is -2.14. The smallest absolute Gasteiger partial charge is 0.150 e. The Labute approximate surface area is 150 Å². The second kappa shape index (κ2) is 7.35. The number of hydrogen-bond acceptors (Lipinski definition) is 5. The van der Waals surface area contributed by atoms with Gasteiger partial charge in [0.15, 0.2) is 5.82 Å². The average molecular weight is 346 g/mol. The van der Waals surface area contributed by atoms with Crippen molar-refractivity contribution in [3.05, 3.63) is 76.9 Å². The van der Waals surface area contributed by atoms with Gasteiger partial charge >= 0.3 is 0 Å². The molecule has 0 fully saturated rings. The topological polar surface area (TPSA) is 84.5 Å². The van der Waals surface area contributed by atoms with Crippen LogP contribution in [0.1, 0.15) is 11.1 Å². The van der Waals surface area contributed by atoms with Crippen molar-refractivity contribution in [2.45, 2.75) is 0 Å². The van der Waals surface area contributed by atoms with Crippen molar-refractivity contribution in [3.63, 3.8) is 0 Å². The van der Waals surface area contributed by atoms with E-state index < -0.39 is 0 Å². The number of nitriles is 2. The summed E-state index contributed by atoms with van der Waals surface area (Å²) in [5.41, 5.74) is 2.49. The number of pyridine rings is 1. The molecule has 1 heterocycles. The molecule has 0 aliphatic carbocycles. The Bertz CT molecular complexity index is 970.